The number of carbonyl (C=O) groups excluding carboxylic acids is 2. The molecule has 1 saturated heterocycles. The summed E-state index contributed by atoms with van der Waals surface area (Å²) in [6.45, 7) is 1.44. The highest BCUT2D eigenvalue weighted by Gasteiger charge is 2.37. The van der Waals surface area contributed by atoms with Crippen molar-refractivity contribution in [3.63, 3.8) is 0 Å². The van der Waals surface area contributed by atoms with Crippen LogP contribution in [0.3, 0.4) is 0 Å². The molecule has 0 aromatic heterocycles. The van der Waals surface area contributed by atoms with Crippen LogP contribution < -0.4 is 15.5 Å². The van der Waals surface area contributed by atoms with Gasteiger partial charge in [0.05, 0.1) is 28.8 Å². The molecule has 0 spiro atoms. The third-order valence-electron chi connectivity index (χ3n) is 4.17. The van der Waals surface area contributed by atoms with E-state index in [9.17, 15) is 22.8 Å². The maximum atomic E-state index is 12.7. The molecule has 2 amide bonds. The minimum atomic E-state index is -4.51. The van der Waals surface area contributed by atoms with E-state index >= 15 is 0 Å². The molecule has 1 aromatic rings. The molecule has 1 aliphatic rings. The average Bonchev–Trinajstić information content (AvgIpc) is 2.52. The molecule has 148 valence electrons. The zero-order valence-corrected chi connectivity index (χ0v) is 15.0. The van der Waals surface area contributed by atoms with Crippen molar-refractivity contribution in [2.24, 2.45) is 0 Å². The Balaban J connectivity index is 1.95. The van der Waals surface area contributed by atoms with Gasteiger partial charge in [-0.2, -0.15) is 13.2 Å². The van der Waals surface area contributed by atoms with Crippen molar-refractivity contribution in [3.8, 4) is 0 Å². The van der Waals surface area contributed by atoms with Crippen LogP contribution in [-0.4, -0.2) is 54.1 Å². The molecule has 0 aliphatic carbocycles. The first kappa shape index (κ1) is 21.3. The largest absolute Gasteiger partial charge is 0.475 e. The molecule has 2 atom stereocenters. The van der Waals surface area contributed by atoms with Gasteiger partial charge in [-0.15, -0.1) is 0 Å². The van der Waals surface area contributed by atoms with Crippen LogP contribution >= 0.6 is 11.6 Å². The van der Waals surface area contributed by atoms with Crippen LogP contribution in [0.1, 0.15) is 18.9 Å². The van der Waals surface area contributed by atoms with E-state index in [1.807, 2.05) is 0 Å². The third kappa shape index (κ3) is 5.27. The van der Waals surface area contributed by atoms with Crippen molar-refractivity contribution in [1.29, 1.82) is 0 Å². The Bertz CT molecular complexity index is 720. The van der Waals surface area contributed by atoms with Crippen LogP contribution in [0.4, 0.5) is 18.9 Å². The number of benzene rings is 1. The van der Waals surface area contributed by atoms with Gasteiger partial charge in [-0.25, -0.2) is 0 Å². The first-order valence-corrected chi connectivity index (χ1v) is 8.45. The van der Waals surface area contributed by atoms with Crippen molar-refractivity contribution in [1.82, 2.24) is 10.6 Å². The minimum absolute atomic E-state index is 0.120. The Kier molecular flexibility index (Phi) is 6.61. The van der Waals surface area contributed by atoms with Gasteiger partial charge in [-0.1, -0.05) is 11.6 Å². The lowest BCUT2D eigenvalue weighted by Gasteiger charge is -2.42. The number of rotatable bonds is 6. The van der Waals surface area contributed by atoms with Crippen molar-refractivity contribution < 1.29 is 32.8 Å². The Labute approximate surface area is 158 Å². The zero-order valence-electron chi connectivity index (χ0n) is 14.3. The van der Waals surface area contributed by atoms with E-state index in [-0.39, 0.29) is 11.6 Å². The molecule has 7 nitrogen and oxygen atoms in total. The van der Waals surface area contributed by atoms with Gasteiger partial charge in [-0.3, -0.25) is 9.59 Å². The summed E-state index contributed by atoms with van der Waals surface area (Å²) in [5.41, 5.74) is -0.577. The maximum absolute atomic E-state index is 12.7. The lowest BCUT2D eigenvalue weighted by atomic mass is 9.81. The van der Waals surface area contributed by atoms with Crippen molar-refractivity contribution in [2.75, 3.05) is 18.0 Å². The van der Waals surface area contributed by atoms with Crippen LogP contribution in [0, 0.1) is 0 Å². The SMILES string of the molecule is CC(NC(=O)CNC(=O)[C@@H]1CCN1c1ccc(C(F)(F)F)cc1Cl)B(O)O. The normalized spacial score (nSPS) is 17.7. The second kappa shape index (κ2) is 8.36. The van der Waals surface area contributed by atoms with E-state index < -0.39 is 42.7 Å². The van der Waals surface area contributed by atoms with E-state index in [0.717, 1.165) is 12.1 Å². The van der Waals surface area contributed by atoms with Gasteiger partial charge in [0, 0.05) is 6.54 Å². The number of halogens is 4. The maximum Gasteiger partial charge on any atom is 0.475 e. The summed E-state index contributed by atoms with van der Waals surface area (Å²) in [5, 5.41) is 22.4. The van der Waals surface area contributed by atoms with Gasteiger partial charge in [0.2, 0.25) is 11.8 Å². The molecule has 1 fully saturated rings. The van der Waals surface area contributed by atoms with Gasteiger partial charge in [-0.05, 0) is 31.5 Å². The van der Waals surface area contributed by atoms with Crippen molar-refractivity contribution >= 4 is 36.2 Å². The molecule has 12 heteroatoms. The number of anilines is 1. The molecule has 0 bridgehead atoms. The summed E-state index contributed by atoms with van der Waals surface area (Å²) >= 11 is 5.94. The lowest BCUT2D eigenvalue weighted by molar-refractivity contribution is -0.137. The van der Waals surface area contributed by atoms with Crippen LogP contribution in [0.2, 0.25) is 5.02 Å². The Morgan fingerprint density at radius 1 is 1.41 bits per heavy atom. The number of alkyl halides is 3. The van der Waals surface area contributed by atoms with Crippen LogP contribution in [-0.2, 0) is 15.8 Å². The van der Waals surface area contributed by atoms with Gasteiger partial charge in [0.15, 0.2) is 0 Å². The molecule has 1 aliphatic heterocycles. The third-order valence-corrected chi connectivity index (χ3v) is 4.47. The van der Waals surface area contributed by atoms with Crippen molar-refractivity contribution in [2.45, 2.75) is 31.5 Å². The number of hydrogen-bond acceptors (Lipinski definition) is 5. The summed E-state index contributed by atoms with van der Waals surface area (Å²) in [6.07, 6.45) is -4.06. The van der Waals surface area contributed by atoms with Crippen LogP contribution in [0.15, 0.2) is 18.2 Å². The van der Waals surface area contributed by atoms with E-state index in [2.05, 4.69) is 10.6 Å². The van der Waals surface area contributed by atoms with Crippen LogP contribution in [0.5, 0.6) is 0 Å². The molecular formula is C15H18BClF3N3O4. The summed E-state index contributed by atoms with van der Waals surface area (Å²) < 4.78 is 38.1. The highest BCUT2D eigenvalue weighted by molar-refractivity contribution is 6.43. The van der Waals surface area contributed by atoms with Gasteiger partial charge in [0.25, 0.3) is 0 Å². The molecule has 0 radical (unpaired) electrons. The topological polar surface area (TPSA) is 102 Å². The Morgan fingerprint density at radius 2 is 2.07 bits per heavy atom. The number of nitrogens with zero attached hydrogens (tertiary/aromatic N) is 1. The van der Waals surface area contributed by atoms with Gasteiger partial charge >= 0.3 is 13.3 Å². The zero-order chi connectivity index (χ0) is 20.4. The van der Waals surface area contributed by atoms with Crippen molar-refractivity contribution in [3.05, 3.63) is 28.8 Å². The number of nitrogens with one attached hydrogen (secondary N) is 2. The number of amides is 2. The highest BCUT2D eigenvalue weighted by atomic mass is 35.5. The second-order valence-electron chi connectivity index (χ2n) is 6.15. The fraction of sp³-hybridized carbons (Fsp3) is 0.467. The predicted octanol–water partition coefficient (Wildman–Crippen LogP) is 0.570. The minimum Gasteiger partial charge on any atom is -0.426 e. The molecule has 4 N–H and O–H groups in total. The summed E-state index contributed by atoms with van der Waals surface area (Å²) in [7, 11) is -1.73. The molecule has 27 heavy (non-hydrogen) atoms. The highest BCUT2D eigenvalue weighted by Crippen LogP contribution is 2.37. The van der Waals surface area contributed by atoms with E-state index in [0.29, 0.717) is 18.7 Å². The molecular weight excluding hydrogens is 389 g/mol. The van der Waals surface area contributed by atoms with E-state index in [4.69, 9.17) is 21.6 Å². The van der Waals surface area contributed by atoms with E-state index in [1.54, 1.807) is 4.90 Å². The van der Waals surface area contributed by atoms with E-state index in [1.165, 1.54) is 13.0 Å². The quantitative estimate of drug-likeness (QED) is 0.517. The first-order valence-electron chi connectivity index (χ1n) is 8.07. The molecule has 0 saturated carbocycles. The summed E-state index contributed by atoms with van der Waals surface area (Å²) in [6, 6.07) is 2.25. The second-order valence-corrected chi connectivity index (χ2v) is 6.56. The molecule has 1 heterocycles. The average molecular weight is 408 g/mol. The lowest BCUT2D eigenvalue weighted by Crippen LogP contribution is -2.58. The number of carbonyl (C=O) groups is 2. The fourth-order valence-electron chi connectivity index (χ4n) is 2.53. The van der Waals surface area contributed by atoms with Crippen LogP contribution in [0.25, 0.3) is 0 Å². The Hall–Kier alpha value is -1.98. The number of hydrogen-bond donors (Lipinski definition) is 4. The molecule has 1 aromatic carbocycles. The molecule has 2 rings (SSSR count). The predicted molar refractivity (Wildman–Crippen MR) is 93.0 cm³/mol. The fourth-order valence-corrected chi connectivity index (χ4v) is 2.82. The molecule has 1 unspecified atom stereocenters. The summed E-state index contributed by atoms with van der Waals surface area (Å²) in [5.74, 6) is -1.99. The van der Waals surface area contributed by atoms with Gasteiger partial charge < -0.3 is 25.6 Å². The first-order chi connectivity index (χ1) is 12.5. The standard InChI is InChI=1S/C15H18BClF3N3O4/c1-8(16(26)27)22-13(24)7-21-14(25)12-4-5-23(12)11-3-2-9(6-10(11)17)15(18,19)20/h2-3,6,8,12,26-27H,4-5,7H2,1H3,(H,21,25)(H,22,24)/t8?,12-/m0/s1. The van der Waals surface area contributed by atoms with Gasteiger partial charge in [0.1, 0.15) is 6.04 Å². The smallest absolute Gasteiger partial charge is 0.426 e. The monoisotopic (exact) mass is 407 g/mol. The Morgan fingerprint density at radius 3 is 2.56 bits per heavy atom. The summed E-state index contributed by atoms with van der Waals surface area (Å²) in [4.78, 5) is 25.4.